The smallest absolute Gasteiger partial charge is 0.338 e. The number of ether oxygens (including phenoxy) is 2. The molecule has 0 fully saturated rings. The predicted octanol–water partition coefficient (Wildman–Crippen LogP) is 4.35. The first kappa shape index (κ1) is 20.8. The lowest BCUT2D eigenvalue weighted by Gasteiger charge is -2.40. The largest absolute Gasteiger partial charge is 0.495 e. The first-order chi connectivity index (χ1) is 13.9. The van der Waals surface area contributed by atoms with Gasteiger partial charge in [-0.15, -0.1) is 0 Å². The van der Waals surface area contributed by atoms with Crippen LogP contribution in [0.4, 0.5) is 10.1 Å². The molecule has 7 heteroatoms. The molecule has 0 aromatic heterocycles. The van der Waals surface area contributed by atoms with Crippen LogP contribution < -0.4 is 15.0 Å². The van der Waals surface area contributed by atoms with Gasteiger partial charge in [-0.1, -0.05) is 38.1 Å². The molecule has 1 N–H and O–H groups in total. The normalized spacial score (nSPS) is 16.7. The fourth-order valence-electron chi connectivity index (χ4n) is 3.53. The van der Waals surface area contributed by atoms with Gasteiger partial charge in [0.2, 0.25) is 0 Å². The van der Waals surface area contributed by atoms with Crippen molar-refractivity contribution in [1.29, 1.82) is 0 Å². The Morgan fingerprint density at radius 2 is 1.90 bits per heavy atom. The lowest BCUT2D eigenvalue weighted by Crippen LogP contribution is -2.49. The zero-order chi connectivity index (χ0) is 21.1. The number of thiocarbonyl (C=S) groups is 1. The number of hydrogen-bond donors (Lipinski definition) is 1. The van der Waals surface area contributed by atoms with Crippen LogP contribution in [-0.2, 0) is 9.53 Å². The molecule has 0 unspecified atom stereocenters. The third-order valence-electron chi connectivity index (χ3n) is 4.74. The van der Waals surface area contributed by atoms with Crippen molar-refractivity contribution in [3.05, 3.63) is 71.2 Å². The SMILES string of the molecule is COC(=O)C1=C(C(C)C)N(c2ccccc2OC)C(=S)N[C@H]1c1cccc(F)c1. The maximum atomic E-state index is 13.9. The van der Waals surface area contributed by atoms with Crippen LogP contribution in [0.1, 0.15) is 25.5 Å². The number of benzene rings is 2. The van der Waals surface area contributed by atoms with Crippen molar-refractivity contribution in [3.63, 3.8) is 0 Å². The first-order valence-electron chi connectivity index (χ1n) is 9.20. The Labute approximate surface area is 175 Å². The summed E-state index contributed by atoms with van der Waals surface area (Å²) in [7, 11) is 2.91. The number of para-hydroxylation sites is 2. The van der Waals surface area contributed by atoms with E-state index in [0.717, 1.165) is 0 Å². The summed E-state index contributed by atoms with van der Waals surface area (Å²) in [5.41, 5.74) is 2.35. The van der Waals surface area contributed by atoms with E-state index in [-0.39, 0.29) is 5.92 Å². The third kappa shape index (κ3) is 3.96. The van der Waals surface area contributed by atoms with Crippen LogP contribution in [0.25, 0.3) is 0 Å². The molecule has 29 heavy (non-hydrogen) atoms. The van der Waals surface area contributed by atoms with Crippen molar-refractivity contribution in [1.82, 2.24) is 5.32 Å². The van der Waals surface area contributed by atoms with Crippen molar-refractivity contribution >= 4 is 29.0 Å². The van der Waals surface area contributed by atoms with Crippen LogP contribution in [0.3, 0.4) is 0 Å². The molecule has 0 saturated heterocycles. The van der Waals surface area contributed by atoms with Crippen molar-refractivity contribution in [3.8, 4) is 5.75 Å². The Hall–Kier alpha value is -2.93. The van der Waals surface area contributed by atoms with Gasteiger partial charge in [0.25, 0.3) is 0 Å². The average Bonchev–Trinajstić information content (AvgIpc) is 2.72. The van der Waals surface area contributed by atoms with E-state index in [0.29, 0.717) is 33.4 Å². The van der Waals surface area contributed by atoms with E-state index in [1.807, 2.05) is 38.1 Å². The van der Waals surface area contributed by atoms with Crippen molar-refractivity contribution in [2.45, 2.75) is 19.9 Å². The van der Waals surface area contributed by atoms with E-state index >= 15 is 0 Å². The monoisotopic (exact) mass is 414 g/mol. The van der Waals surface area contributed by atoms with Gasteiger partial charge in [0.05, 0.1) is 31.5 Å². The molecule has 2 aromatic rings. The number of carbonyl (C=O) groups is 1. The Morgan fingerprint density at radius 1 is 1.17 bits per heavy atom. The molecular formula is C22H23FN2O3S. The molecule has 1 atom stereocenters. The Balaban J connectivity index is 2.28. The highest BCUT2D eigenvalue weighted by Gasteiger charge is 2.39. The molecule has 0 bridgehead atoms. The standard InChI is InChI=1S/C22H23FN2O3S/c1-13(2)20-18(21(26)28-4)19(14-8-7-9-15(23)12-14)24-22(29)25(20)16-10-5-6-11-17(16)27-3/h5-13,19H,1-4H3,(H,24,29)/t19-/m0/s1. The van der Waals surface area contributed by atoms with Gasteiger partial charge in [0, 0.05) is 5.70 Å². The molecule has 0 radical (unpaired) electrons. The van der Waals surface area contributed by atoms with E-state index in [4.69, 9.17) is 21.7 Å². The number of halogens is 1. The quantitative estimate of drug-likeness (QED) is 0.580. The predicted molar refractivity (Wildman–Crippen MR) is 114 cm³/mol. The van der Waals surface area contributed by atoms with Crippen molar-refractivity contribution in [2.75, 3.05) is 19.1 Å². The zero-order valence-corrected chi connectivity index (χ0v) is 17.5. The maximum absolute atomic E-state index is 13.9. The number of allylic oxidation sites excluding steroid dienone is 1. The lowest BCUT2D eigenvalue weighted by molar-refractivity contribution is -0.136. The Morgan fingerprint density at radius 3 is 2.52 bits per heavy atom. The summed E-state index contributed by atoms with van der Waals surface area (Å²) < 4.78 is 24.5. The summed E-state index contributed by atoms with van der Waals surface area (Å²) in [5.74, 6) is -0.358. The van der Waals surface area contributed by atoms with E-state index < -0.39 is 17.8 Å². The molecule has 1 heterocycles. The number of hydrogen-bond acceptors (Lipinski definition) is 4. The van der Waals surface area contributed by atoms with Gasteiger partial charge in [0.15, 0.2) is 5.11 Å². The molecule has 1 aliphatic heterocycles. The minimum Gasteiger partial charge on any atom is -0.495 e. The van der Waals surface area contributed by atoms with Crippen LogP contribution in [0, 0.1) is 11.7 Å². The highest BCUT2D eigenvalue weighted by molar-refractivity contribution is 7.80. The highest BCUT2D eigenvalue weighted by atomic mass is 32.1. The second kappa shape index (κ2) is 8.61. The minimum atomic E-state index is -0.631. The number of nitrogens with zero attached hydrogens (tertiary/aromatic N) is 1. The number of nitrogens with one attached hydrogen (secondary N) is 1. The summed E-state index contributed by atoms with van der Waals surface area (Å²) in [6.07, 6.45) is 0. The van der Waals surface area contributed by atoms with Crippen LogP contribution in [0.15, 0.2) is 59.8 Å². The van der Waals surface area contributed by atoms with Gasteiger partial charge in [-0.3, -0.25) is 4.90 Å². The van der Waals surface area contributed by atoms with E-state index in [9.17, 15) is 9.18 Å². The molecule has 2 aromatic carbocycles. The molecule has 5 nitrogen and oxygen atoms in total. The van der Waals surface area contributed by atoms with Crippen LogP contribution in [0.5, 0.6) is 5.75 Å². The Bertz CT molecular complexity index is 974. The average molecular weight is 415 g/mol. The minimum absolute atomic E-state index is 0.0786. The third-order valence-corrected chi connectivity index (χ3v) is 5.04. The molecule has 0 saturated carbocycles. The van der Waals surface area contributed by atoms with Gasteiger partial charge in [-0.2, -0.15) is 0 Å². The molecular weight excluding hydrogens is 391 g/mol. The first-order valence-corrected chi connectivity index (χ1v) is 9.61. The summed E-state index contributed by atoms with van der Waals surface area (Å²) in [4.78, 5) is 14.7. The molecule has 0 spiro atoms. The molecule has 1 aliphatic rings. The van der Waals surface area contributed by atoms with Crippen LogP contribution in [-0.4, -0.2) is 25.3 Å². The Kier molecular flexibility index (Phi) is 6.17. The topological polar surface area (TPSA) is 50.8 Å². The van der Waals surface area contributed by atoms with Gasteiger partial charge in [-0.25, -0.2) is 9.18 Å². The van der Waals surface area contributed by atoms with Crippen molar-refractivity contribution in [2.24, 2.45) is 5.92 Å². The van der Waals surface area contributed by atoms with E-state index in [1.165, 1.54) is 19.2 Å². The lowest BCUT2D eigenvalue weighted by atomic mass is 9.90. The van der Waals surface area contributed by atoms with E-state index in [1.54, 1.807) is 24.1 Å². The number of carbonyl (C=O) groups excluding carboxylic acids is 1. The van der Waals surface area contributed by atoms with Gasteiger partial charge >= 0.3 is 5.97 Å². The molecule has 152 valence electrons. The number of anilines is 1. The second-order valence-corrected chi connectivity index (χ2v) is 7.28. The van der Waals surface area contributed by atoms with Gasteiger partial charge in [0.1, 0.15) is 11.6 Å². The zero-order valence-electron chi connectivity index (χ0n) is 16.7. The summed E-state index contributed by atoms with van der Waals surface area (Å²) in [6, 6.07) is 12.9. The summed E-state index contributed by atoms with van der Waals surface area (Å²) >= 11 is 5.68. The summed E-state index contributed by atoms with van der Waals surface area (Å²) in [6.45, 7) is 3.94. The molecule has 0 aliphatic carbocycles. The maximum Gasteiger partial charge on any atom is 0.338 e. The van der Waals surface area contributed by atoms with Gasteiger partial charge in [-0.05, 0) is 48.0 Å². The molecule has 0 amide bonds. The number of methoxy groups -OCH3 is 2. The van der Waals surface area contributed by atoms with Crippen molar-refractivity contribution < 1.29 is 18.7 Å². The van der Waals surface area contributed by atoms with E-state index in [2.05, 4.69) is 5.32 Å². The second-order valence-electron chi connectivity index (χ2n) is 6.89. The fraction of sp³-hybridized carbons (Fsp3) is 0.273. The summed E-state index contributed by atoms with van der Waals surface area (Å²) in [5, 5.41) is 3.58. The highest BCUT2D eigenvalue weighted by Crippen LogP contribution is 2.40. The number of rotatable bonds is 5. The van der Waals surface area contributed by atoms with Crippen LogP contribution in [0.2, 0.25) is 0 Å². The fourth-order valence-corrected chi connectivity index (χ4v) is 3.84. The van der Waals surface area contributed by atoms with Crippen LogP contribution >= 0.6 is 12.2 Å². The molecule has 3 rings (SSSR count). The number of esters is 1. The van der Waals surface area contributed by atoms with Gasteiger partial charge < -0.3 is 14.8 Å².